The predicted octanol–water partition coefficient (Wildman–Crippen LogP) is 1.84. The van der Waals surface area contributed by atoms with E-state index in [0.717, 1.165) is 12.8 Å². The molecule has 0 radical (unpaired) electrons. The Morgan fingerprint density at radius 3 is 1.33 bits per heavy atom. The smallest absolute Gasteiger partial charge is 0.00437 e. The monoisotopic (exact) mass is 158 g/mol. The molecule has 2 nitrogen and oxygen atoms in total. The van der Waals surface area contributed by atoms with E-state index in [1.807, 2.05) is 0 Å². The third-order valence-electron chi connectivity index (χ3n) is 2.62. The topological polar surface area (TPSA) is 31.6 Å². The maximum atomic E-state index is 3.15. The molecule has 1 aliphatic rings. The van der Waals surface area contributed by atoms with Gasteiger partial charge in [-0.15, -0.1) is 0 Å². The summed E-state index contributed by atoms with van der Waals surface area (Å²) in [6.45, 7) is 0. The van der Waals surface area contributed by atoms with Crippen LogP contribution in [0.2, 0.25) is 0 Å². The zero-order valence-corrected chi connectivity index (χ0v) is 6.72. The van der Waals surface area contributed by atoms with E-state index >= 15 is 0 Å². The van der Waals surface area contributed by atoms with Gasteiger partial charge in [-0.1, -0.05) is 0 Å². The van der Waals surface area contributed by atoms with Crippen molar-refractivity contribution in [2.24, 2.45) is 0 Å². The number of H-pyrrole nitrogens is 2. The van der Waals surface area contributed by atoms with Crippen LogP contribution in [-0.2, 0) is 12.8 Å². The molecule has 0 aromatic carbocycles. The van der Waals surface area contributed by atoms with E-state index in [4.69, 9.17) is 0 Å². The fraction of sp³-hybridized carbons (Fsp3) is 0.200. The van der Waals surface area contributed by atoms with E-state index in [0.29, 0.717) is 0 Å². The molecule has 2 aromatic heterocycles. The second kappa shape index (κ2) is 2.03. The van der Waals surface area contributed by atoms with Gasteiger partial charge in [-0.05, 0) is 22.3 Å². The highest BCUT2D eigenvalue weighted by molar-refractivity contribution is 5.42. The van der Waals surface area contributed by atoms with Crippen LogP contribution in [-0.4, -0.2) is 9.97 Å². The van der Waals surface area contributed by atoms with E-state index < -0.39 is 0 Å². The lowest BCUT2D eigenvalue weighted by Gasteiger charge is -2.10. The molecule has 2 N–H and O–H groups in total. The minimum Gasteiger partial charge on any atom is -0.367 e. The van der Waals surface area contributed by atoms with Gasteiger partial charge in [0.2, 0.25) is 0 Å². The predicted molar refractivity (Wildman–Crippen MR) is 47.2 cm³/mol. The van der Waals surface area contributed by atoms with Crippen LogP contribution >= 0.6 is 0 Å². The molecular weight excluding hydrogens is 148 g/mol. The summed E-state index contributed by atoms with van der Waals surface area (Å²) in [5, 5.41) is 0. The molecule has 2 heterocycles. The van der Waals surface area contributed by atoms with Crippen LogP contribution in [0.25, 0.3) is 0 Å². The first-order valence-electron chi connectivity index (χ1n) is 4.22. The van der Waals surface area contributed by atoms with Crippen molar-refractivity contribution in [1.29, 1.82) is 0 Å². The Balaban J connectivity index is 2.15. The van der Waals surface area contributed by atoms with Crippen molar-refractivity contribution in [3.63, 3.8) is 0 Å². The molecule has 60 valence electrons. The number of hydrogen-bond acceptors (Lipinski definition) is 0. The number of hydrogen-bond donors (Lipinski definition) is 2. The van der Waals surface area contributed by atoms with E-state index in [9.17, 15) is 0 Å². The van der Waals surface area contributed by atoms with Gasteiger partial charge in [0.05, 0.1) is 0 Å². The fourth-order valence-electron chi connectivity index (χ4n) is 1.93. The van der Waals surface area contributed by atoms with E-state index in [2.05, 4.69) is 34.8 Å². The molecule has 0 spiro atoms. The summed E-state index contributed by atoms with van der Waals surface area (Å²) < 4.78 is 0. The third-order valence-corrected chi connectivity index (χ3v) is 2.62. The first-order valence-corrected chi connectivity index (χ1v) is 4.22. The summed E-state index contributed by atoms with van der Waals surface area (Å²) in [4.78, 5) is 6.31. The van der Waals surface area contributed by atoms with Crippen LogP contribution in [0.4, 0.5) is 0 Å². The SMILES string of the molecule is c1[nH]cc2c1Cc1c[nH]cc1C2. The average molecular weight is 158 g/mol. The van der Waals surface area contributed by atoms with Gasteiger partial charge in [-0.3, -0.25) is 0 Å². The van der Waals surface area contributed by atoms with Crippen LogP contribution < -0.4 is 0 Å². The Morgan fingerprint density at radius 1 is 0.667 bits per heavy atom. The third kappa shape index (κ3) is 0.694. The molecule has 2 aromatic rings. The van der Waals surface area contributed by atoms with Crippen molar-refractivity contribution in [1.82, 2.24) is 9.97 Å². The molecular formula is C10H10N2. The molecule has 12 heavy (non-hydrogen) atoms. The quantitative estimate of drug-likeness (QED) is 0.500. The first-order chi connectivity index (χ1) is 5.93. The van der Waals surface area contributed by atoms with Gasteiger partial charge in [0.25, 0.3) is 0 Å². The van der Waals surface area contributed by atoms with Gasteiger partial charge in [-0.25, -0.2) is 0 Å². The number of aromatic amines is 2. The highest BCUT2D eigenvalue weighted by Gasteiger charge is 2.15. The minimum absolute atomic E-state index is 1.08. The first kappa shape index (κ1) is 6.12. The second-order valence-electron chi connectivity index (χ2n) is 3.37. The molecule has 0 bridgehead atoms. The van der Waals surface area contributed by atoms with Crippen molar-refractivity contribution in [3.8, 4) is 0 Å². The molecule has 3 rings (SSSR count). The molecule has 0 fully saturated rings. The summed E-state index contributed by atoms with van der Waals surface area (Å²) in [5.41, 5.74) is 5.79. The summed E-state index contributed by atoms with van der Waals surface area (Å²) in [5.74, 6) is 0. The number of rotatable bonds is 0. The van der Waals surface area contributed by atoms with Crippen LogP contribution in [0, 0.1) is 0 Å². The van der Waals surface area contributed by atoms with Gasteiger partial charge in [0, 0.05) is 37.6 Å². The average Bonchev–Trinajstić information content (AvgIpc) is 2.64. The lowest BCUT2D eigenvalue weighted by molar-refractivity contribution is 1.03. The van der Waals surface area contributed by atoms with Crippen molar-refractivity contribution in [2.45, 2.75) is 12.8 Å². The van der Waals surface area contributed by atoms with Gasteiger partial charge in [-0.2, -0.15) is 0 Å². The Labute approximate surface area is 70.6 Å². The summed E-state index contributed by atoms with van der Waals surface area (Å²) in [7, 11) is 0. The van der Waals surface area contributed by atoms with Crippen molar-refractivity contribution in [2.75, 3.05) is 0 Å². The molecule has 0 saturated carbocycles. The molecule has 0 aliphatic heterocycles. The molecule has 0 atom stereocenters. The maximum Gasteiger partial charge on any atom is 0.00437 e. The normalized spacial score (nSPS) is 14.0. The van der Waals surface area contributed by atoms with Gasteiger partial charge in [0.1, 0.15) is 0 Å². The number of nitrogens with one attached hydrogen (secondary N) is 2. The highest BCUT2D eigenvalue weighted by Crippen LogP contribution is 2.25. The van der Waals surface area contributed by atoms with Crippen LogP contribution in [0.5, 0.6) is 0 Å². The van der Waals surface area contributed by atoms with Crippen molar-refractivity contribution >= 4 is 0 Å². The molecule has 2 heteroatoms. The van der Waals surface area contributed by atoms with E-state index in [-0.39, 0.29) is 0 Å². The van der Waals surface area contributed by atoms with E-state index in [1.165, 1.54) is 22.3 Å². The van der Waals surface area contributed by atoms with E-state index in [1.54, 1.807) is 0 Å². The van der Waals surface area contributed by atoms with Crippen LogP contribution in [0.1, 0.15) is 22.3 Å². The summed E-state index contributed by atoms with van der Waals surface area (Å²) in [6, 6.07) is 0. The maximum absolute atomic E-state index is 3.15. The molecule has 0 saturated heterocycles. The zero-order valence-electron chi connectivity index (χ0n) is 6.72. The number of fused-ring (bicyclic) bond motifs is 2. The largest absolute Gasteiger partial charge is 0.367 e. The lowest BCUT2D eigenvalue weighted by Crippen LogP contribution is -2.01. The second-order valence-corrected chi connectivity index (χ2v) is 3.37. The van der Waals surface area contributed by atoms with Crippen LogP contribution in [0.3, 0.4) is 0 Å². The van der Waals surface area contributed by atoms with Crippen molar-refractivity contribution in [3.05, 3.63) is 47.0 Å². The standard InChI is InChI=1S/C10H10N2/c1-7-3-11-5-9(7)2-10-6-12-4-8(1)10/h3-6,11-12H,1-2H2. The van der Waals surface area contributed by atoms with Crippen LogP contribution in [0.15, 0.2) is 24.8 Å². The van der Waals surface area contributed by atoms with Gasteiger partial charge >= 0.3 is 0 Å². The summed E-state index contributed by atoms with van der Waals surface area (Å²) >= 11 is 0. The Hall–Kier alpha value is -1.44. The Morgan fingerprint density at radius 2 is 1.00 bits per heavy atom. The zero-order chi connectivity index (χ0) is 7.97. The molecule has 0 unspecified atom stereocenters. The lowest BCUT2D eigenvalue weighted by atomic mass is 9.92. The van der Waals surface area contributed by atoms with Gasteiger partial charge < -0.3 is 9.97 Å². The number of aromatic nitrogens is 2. The molecule has 1 aliphatic carbocycles. The molecule has 0 amide bonds. The highest BCUT2D eigenvalue weighted by atomic mass is 14.7. The fourth-order valence-corrected chi connectivity index (χ4v) is 1.93. The summed E-state index contributed by atoms with van der Waals surface area (Å²) in [6.07, 6.45) is 10.6. The van der Waals surface area contributed by atoms with Crippen molar-refractivity contribution < 1.29 is 0 Å². The Kier molecular flexibility index (Phi) is 1.04. The van der Waals surface area contributed by atoms with Gasteiger partial charge in [0.15, 0.2) is 0 Å². The minimum atomic E-state index is 1.08. The Bertz CT molecular complexity index is 336.